The van der Waals surface area contributed by atoms with E-state index < -0.39 is 0 Å². The Morgan fingerprint density at radius 2 is 1.58 bits per heavy atom. The Bertz CT molecular complexity index is 688. The molecule has 0 bridgehead atoms. The summed E-state index contributed by atoms with van der Waals surface area (Å²) in [7, 11) is 4.76. The van der Waals surface area contributed by atoms with Crippen molar-refractivity contribution < 1.29 is 19.0 Å². The topological polar surface area (TPSA) is 56.8 Å². The zero-order valence-corrected chi connectivity index (χ0v) is 15.0. The van der Waals surface area contributed by atoms with Gasteiger partial charge in [-0.2, -0.15) is 0 Å². The number of hydrogen-bond acceptors (Lipinski definition) is 5. The first-order chi connectivity index (χ1) is 11.6. The molecule has 0 saturated heterocycles. The molecule has 0 fully saturated rings. The third-order valence-electron chi connectivity index (χ3n) is 3.41. The van der Waals surface area contributed by atoms with Crippen molar-refractivity contribution in [3.63, 3.8) is 0 Å². The molecule has 0 aliphatic rings. The maximum Gasteiger partial charge on any atom is 0.237 e. The van der Waals surface area contributed by atoms with Crippen molar-refractivity contribution in [3.05, 3.63) is 42.5 Å². The van der Waals surface area contributed by atoms with Crippen molar-refractivity contribution in [2.75, 3.05) is 26.6 Å². The molecule has 0 aliphatic carbocycles. The maximum absolute atomic E-state index is 12.4. The van der Waals surface area contributed by atoms with Crippen molar-refractivity contribution in [2.24, 2.45) is 0 Å². The van der Waals surface area contributed by atoms with E-state index in [2.05, 4.69) is 5.32 Å². The summed E-state index contributed by atoms with van der Waals surface area (Å²) in [6.45, 7) is 1.86. The van der Waals surface area contributed by atoms with Gasteiger partial charge >= 0.3 is 0 Å². The van der Waals surface area contributed by atoms with Crippen LogP contribution in [0.3, 0.4) is 0 Å². The number of thioether (sulfide) groups is 1. The van der Waals surface area contributed by atoms with Gasteiger partial charge < -0.3 is 19.5 Å². The van der Waals surface area contributed by atoms with E-state index in [4.69, 9.17) is 14.2 Å². The molecule has 0 heterocycles. The number of benzene rings is 2. The first-order valence-electron chi connectivity index (χ1n) is 7.41. The Hall–Kier alpha value is -2.34. The highest BCUT2D eigenvalue weighted by molar-refractivity contribution is 8.00. The third kappa shape index (κ3) is 4.58. The van der Waals surface area contributed by atoms with Gasteiger partial charge in [0.25, 0.3) is 0 Å². The van der Waals surface area contributed by atoms with Crippen molar-refractivity contribution in [1.29, 1.82) is 0 Å². The number of ether oxygens (including phenoxy) is 3. The molecule has 0 radical (unpaired) electrons. The van der Waals surface area contributed by atoms with Gasteiger partial charge in [0.2, 0.25) is 5.91 Å². The summed E-state index contributed by atoms with van der Waals surface area (Å²) in [4.78, 5) is 13.4. The fourth-order valence-corrected chi connectivity index (χ4v) is 2.92. The standard InChI is InChI=1S/C18H21NO4S/c1-12(24-15-8-5-13(21-2)6-9-15)18(20)19-16-10-7-14(22-3)11-17(16)23-4/h5-12H,1-4H3,(H,19,20)/t12-/m0/s1. The van der Waals surface area contributed by atoms with Gasteiger partial charge in [0, 0.05) is 11.0 Å². The molecule has 0 aromatic heterocycles. The number of anilines is 1. The SMILES string of the molecule is COc1ccc(S[C@@H](C)C(=O)Nc2ccc(OC)cc2OC)cc1. The molecule has 2 aromatic carbocycles. The number of rotatable bonds is 7. The molecule has 128 valence electrons. The molecular formula is C18H21NO4S. The van der Waals surface area contributed by atoms with E-state index in [9.17, 15) is 4.79 Å². The lowest BCUT2D eigenvalue weighted by Crippen LogP contribution is -2.22. The summed E-state index contributed by atoms with van der Waals surface area (Å²) in [6, 6.07) is 12.9. The van der Waals surface area contributed by atoms with Crippen LogP contribution >= 0.6 is 11.8 Å². The van der Waals surface area contributed by atoms with E-state index >= 15 is 0 Å². The van der Waals surface area contributed by atoms with Crippen molar-refractivity contribution >= 4 is 23.4 Å². The second-order valence-corrected chi connectivity index (χ2v) is 6.41. The van der Waals surface area contributed by atoms with E-state index in [-0.39, 0.29) is 11.2 Å². The summed E-state index contributed by atoms with van der Waals surface area (Å²) in [5.74, 6) is 1.92. The van der Waals surface area contributed by atoms with Gasteiger partial charge in [0.1, 0.15) is 17.2 Å². The summed E-state index contributed by atoms with van der Waals surface area (Å²) < 4.78 is 15.6. The predicted molar refractivity (Wildman–Crippen MR) is 96.5 cm³/mol. The number of hydrogen-bond donors (Lipinski definition) is 1. The van der Waals surface area contributed by atoms with Gasteiger partial charge in [0.15, 0.2) is 0 Å². The Kier molecular flexibility index (Phi) is 6.37. The Morgan fingerprint density at radius 1 is 0.958 bits per heavy atom. The molecule has 1 N–H and O–H groups in total. The normalized spacial score (nSPS) is 11.5. The molecule has 1 atom stereocenters. The fourth-order valence-electron chi connectivity index (χ4n) is 2.05. The highest BCUT2D eigenvalue weighted by Crippen LogP contribution is 2.31. The molecule has 1 amide bonds. The van der Waals surface area contributed by atoms with Crippen molar-refractivity contribution in [2.45, 2.75) is 17.1 Å². The van der Waals surface area contributed by atoms with Crippen LogP contribution in [0, 0.1) is 0 Å². The van der Waals surface area contributed by atoms with Crippen LogP contribution in [0.25, 0.3) is 0 Å². The number of nitrogens with one attached hydrogen (secondary N) is 1. The maximum atomic E-state index is 12.4. The minimum absolute atomic E-state index is 0.0979. The quantitative estimate of drug-likeness (QED) is 0.772. The minimum Gasteiger partial charge on any atom is -0.497 e. The van der Waals surface area contributed by atoms with Gasteiger partial charge in [-0.3, -0.25) is 4.79 Å². The van der Waals surface area contributed by atoms with Crippen LogP contribution in [0.15, 0.2) is 47.4 Å². The molecule has 24 heavy (non-hydrogen) atoms. The summed E-state index contributed by atoms with van der Waals surface area (Å²) in [6.07, 6.45) is 0. The van der Waals surface area contributed by atoms with Gasteiger partial charge in [-0.25, -0.2) is 0 Å². The van der Waals surface area contributed by atoms with Crippen LogP contribution in [0.5, 0.6) is 17.2 Å². The molecule has 2 rings (SSSR count). The Balaban J connectivity index is 2.02. The number of carbonyl (C=O) groups excluding carboxylic acids is 1. The number of carbonyl (C=O) groups is 1. The largest absolute Gasteiger partial charge is 0.497 e. The molecule has 0 aliphatic heterocycles. The zero-order chi connectivity index (χ0) is 17.5. The van der Waals surface area contributed by atoms with Crippen LogP contribution in [0.4, 0.5) is 5.69 Å². The second-order valence-electron chi connectivity index (χ2n) is 4.99. The minimum atomic E-state index is -0.259. The molecule has 0 spiro atoms. The van der Waals surface area contributed by atoms with Crippen LogP contribution in [-0.4, -0.2) is 32.5 Å². The zero-order valence-electron chi connectivity index (χ0n) is 14.2. The van der Waals surface area contributed by atoms with Crippen LogP contribution in [0.1, 0.15) is 6.92 Å². The van der Waals surface area contributed by atoms with Crippen LogP contribution < -0.4 is 19.5 Å². The van der Waals surface area contributed by atoms with E-state index in [0.29, 0.717) is 17.2 Å². The average molecular weight is 347 g/mol. The lowest BCUT2D eigenvalue weighted by Gasteiger charge is -2.15. The van der Waals surface area contributed by atoms with E-state index in [1.54, 1.807) is 39.5 Å². The number of methoxy groups -OCH3 is 3. The Labute approximate surface area is 146 Å². The molecule has 0 saturated carbocycles. The Morgan fingerprint density at radius 3 is 2.17 bits per heavy atom. The lowest BCUT2D eigenvalue weighted by molar-refractivity contribution is -0.115. The predicted octanol–water partition coefficient (Wildman–Crippen LogP) is 3.83. The average Bonchev–Trinajstić information content (AvgIpc) is 2.62. The van der Waals surface area contributed by atoms with Gasteiger partial charge in [-0.15, -0.1) is 11.8 Å². The molecule has 0 unspecified atom stereocenters. The molecule has 6 heteroatoms. The third-order valence-corrected chi connectivity index (χ3v) is 4.52. The summed E-state index contributed by atoms with van der Waals surface area (Å²) in [5, 5.41) is 2.63. The van der Waals surface area contributed by atoms with Gasteiger partial charge in [-0.1, -0.05) is 0 Å². The van der Waals surface area contributed by atoms with Crippen molar-refractivity contribution in [3.8, 4) is 17.2 Å². The second kappa shape index (κ2) is 8.49. The lowest BCUT2D eigenvalue weighted by atomic mass is 10.2. The van der Waals surface area contributed by atoms with Crippen LogP contribution in [0.2, 0.25) is 0 Å². The number of amides is 1. The van der Waals surface area contributed by atoms with Crippen LogP contribution in [-0.2, 0) is 4.79 Å². The van der Waals surface area contributed by atoms with Gasteiger partial charge in [-0.05, 0) is 43.3 Å². The molecular weight excluding hydrogens is 326 g/mol. The smallest absolute Gasteiger partial charge is 0.237 e. The monoisotopic (exact) mass is 347 g/mol. The summed E-state index contributed by atoms with van der Waals surface area (Å²) >= 11 is 1.48. The highest BCUT2D eigenvalue weighted by atomic mass is 32.2. The first kappa shape index (κ1) is 18.0. The highest BCUT2D eigenvalue weighted by Gasteiger charge is 2.16. The van der Waals surface area contributed by atoms with E-state index in [1.165, 1.54) is 11.8 Å². The van der Waals surface area contributed by atoms with E-state index in [1.807, 2.05) is 31.2 Å². The molecule has 5 nitrogen and oxygen atoms in total. The molecule has 2 aromatic rings. The van der Waals surface area contributed by atoms with E-state index in [0.717, 1.165) is 10.6 Å². The van der Waals surface area contributed by atoms with Crippen molar-refractivity contribution in [1.82, 2.24) is 0 Å². The van der Waals surface area contributed by atoms with Gasteiger partial charge in [0.05, 0.1) is 32.3 Å². The summed E-state index contributed by atoms with van der Waals surface area (Å²) in [5.41, 5.74) is 0.616. The fraction of sp³-hybridized carbons (Fsp3) is 0.278. The first-order valence-corrected chi connectivity index (χ1v) is 8.29.